The molecule has 1 aromatic heterocycles. The fourth-order valence-corrected chi connectivity index (χ4v) is 4.63. The van der Waals surface area contributed by atoms with Gasteiger partial charge >= 0.3 is 60.3 Å². The van der Waals surface area contributed by atoms with Gasteiger partial charge < -0.3 is 4.74 Å². The lowest BCUT2D eigenvalue weighted by Gasteiger charge is -2.40. The van der Waals surface area contributed by atoms with E-state index in [1.807, 2.05) is 0 Å². The van der Waals surface area contributed by atoms with Crippen molar-refractivity contribution in [1.82, 2.24) is 9.97 Å². The second-order valence-electron chi connectivity index (χ2n) is 12.8. The normalized spacial score (nSPS) is 15.6. The fraction of sp³-hybridized carbons (Fsp3) is 0.688. The van der Waals surface area contributed by atoms with Gasteiger partial charge in [-0.3, -0.25) is 4.74 Å². The Morgan fingerprint density at radius 2 is 0.983 bits per heavy atom. The number of ether oxygens (including phenoxy) is 3. The molecule has 0 radical (unpaired) electrons. The van der Waals surface area contributed by atoms with Gasteiger partial charge in [-0.1, -0.05) is 51.9 Å². The zero-order chi connectivity index (χ0) is 46.6. The minimum absolute atomic E-state index is 0.185. The molecule has 346 valence electrons. The van der Waals surface area contributed by atoms with Gasteiger partial charge in [0.25, 0.3) is 12.5 Å². The van der Waals surface area contributed by atoms with E-state index >= 15 is 8.78 Å². The first kappa shape index (κ1) is 52.5. The average Bonchev–Trinajstić information content (AvgIpc) is 3.11. The van der Waals surface area contributed by atoms with Crippen molar-refractivity contribution in [3.63, 3.8) is 0 Å². The molecule has 0 saturated heterocycles. The number of nitrogens with zero attached hydrogens (tertiary/aromatic N) is 2. The maximum absolute atomic E-state index is 15.0. The van der Waals surface area contributed by atoms with Crippen LogP contribution in [0, 0.1) is 0 Å². The summed E-state index contributed by atoms with van der Waals surface area (Å²) in [4.78, 5) is 7.89. The van der Waals surface area contributed by atoms with Crippen molar-refractivity contribution < 1.29 is 115 Å². The predicted octanol–water partition coefficient (Wildman–Crippen LogP) is 13.0. The van der Waals surface area contributed by atoms with Crippen LogP contribution in [0.2, 0.25) is 0 Å². The molecule has 60 heavy (non-hydrogen) atoms. The van der Waals surface area contributed by atoms with E-state index in [1.165, 1.54) is 17.1 Å². The molecule has 0 aliphatic rings. The van der Waals surface area contributed by atoms with Crippen molar-refractivity contribution in [3.8, 4) is 17.1 Å². The second kappa shape index (κ2) is 18.4. The number of unbranched alkanes of at least 4 members (excludes halogenated alkanes) is 7. The standard InChI is InChI=1S/C32H29F23N2O3/c1-2-3-4-5-6-7-8-9-10-17-15-56-20(57-16-17)18-11-13-19(14-12-18)58-22(59-30(50,51)23(34,35)21(33)25(38,39)40)24(36,37)26(41,42)31(52,53)60-32(54,55)28(45,46)27(43,44)29(47,48)49/h11-16,21-22H,2-10H2,1H3. The topological polar surface area (TPSA) is 53.5 Å². The molecule has 0 saturated carbocycles. The molecule has 2 aromatic rings. The van der Waals surface area contributed by atoms with Gasteiger partial charge in [-0.05, 0) is 42.7 Å². The van der Waals surface area contributed by atoms with Gasteiger partial charge in [0.1, 0.15) is 5.75 Å². The molecule has 2 rings (SSSR count). The Balaban J connectivity index is 2.50. The maximum atomic E-state index is 15.0. The summed E-state index contributed by atoms with van der Waals surface area (Å²) in [7, 11) is 0. The smallest absolute Gasteiger partial charge is 0.458 e. The molecule has 0 amide bonds. The van der Waals surface area contributed by atoms with Crippen molar-refractivity contribution in [2.75, 3.05) is 0 Å². The molecule has 0 aliphatic carbocycles. The molecule has 0 aliphatic heterocycles. The highest BCUT2D eigenvalue weighted by atomic mass is 19.4. The number of hydrogen-bond acceptors (Lipinski definition) is 5. The van der Waals surface area contributed by atoms with Crippen LogP contribution >= 0.6 is 0 Å². The highest BCUT2D eigenvalue weighted by Gasteiger charge is 2.87. The van der Waals surface area contributed by atoms with Crippen LogP contribution in [0.25, 0.3) is 11.4 Å². The van der Waals surface area contributed by atoms with Gasteiger partial charge in [-0.15, -0.1) is 0 Å². The Bertz CT molecular complexity index is 1650. The summed E-state index contributed by atoms with van der Waals surface area (Å²) in [6, 6.07) is 1.57. The number of benzene rings is 1. The predicted molar refractivity (Wildman–Crippen MR) is 157 cm³/mol. The van der Waals surface area contributed by atoms with Gasteiger partial charge in [0.05, 0.1) is 0 Å². The molecule has 1 heterocycles. The lowest BCUT2D eigenvalue weighted by atomic mass is 10.1. The van der Waals surface area contributed by atoms with Crippen LogP contribution in [-0.2, 0) is 15.9 Å². The Morgan fingerprint density at radius 3 is 1.43 bits per heavy atom. The summed E-state index contributed by atoms with van der Waals surface area (Å²) in [5, 5.41) is 0. The van der Waals surface area contributed by atoms with E-state index in [2.05, 4.69) is 26.4 Å². The maximum Gasteiger partial charge on any atom is 0.460 e. The van der Waals surface area contributed by atoms with E-state index in [1.54, 1.807) is 0 Å². The quantitative estimate of drug-likeness (QED) is 0.0631. The van der Waals surface area contributed by atoms with Crippen LogP contribution in [0.4, 0.5) is 101 Å². The number of aromatic nitrogens is 2. The van der Waals surface area contributed by atoms with Gasteiger partial charge in [0.2, 0.25) is 0 Å². The summed E-state index contributed by atoms with van der Waals surface area (Å²) < 4.78 is 320. The lowest BCUT2D eigenvalue weighted by molar-refractivity contribution is -0.522. The number of rotatable bonds is 23. The first-order valence-electron chi connectivity index (χ1n) is 16.7. The van der Waals surface area contributed by atoms with Gasteiger partial charge in [0.15, 0.2) is 5.82 Å². The van der Waals surface area contributed by atoms with Crippen LogP contribution in [0.3, 0.4) is 0 Å². The van der Waals surface area contributed by atoms with Crippen molar-refractivity contribution in [3.05, 3.63) is 42.2 Å². The molecule has 0 N–H and O–H groups in total. The molecule has 0 bridgehead atoms. The Morgan fingerprint density at radius 1 is 0.533 bits per heavy atom. The van der Waals surface area contributed by atoms with Crippen molar-refractivity contribution in [1.29, 1.82) is 0 Å². The largest absolute Gasteiger partial charge is 0.460 e. The monoisotopic (exact) mass is 926 g/mol. The molecular formula is C32H29F23N2O3. The highest BCUT2D eigenvalue weighted by molar-refractivity contribution is 5.56. The van der Waals surface area contributed by atoms with E-state index in [4.69, 9.17) is 0 Å². The fourth-order valence-electron chi connectivity index (χ4n) is 4.63. The third-order valence-electron chi connectivity index (χ3n) is 8.08. The van der Waals surface area contributed by atoms with Crippen LogP contribution in [0.5, 0.6) is 5.75 Å². The summed E-state index contributed by atoms with van der Waals surface area (Å²) in [6.07, 6.45) is -40.0. The van der Waals surface area contributed by atoms with Crippen molar-refractivity contribution >= 4 is 0 Å². The van der Waals surface area contributed by atoms with Crippen molar-refractivity contribution in [2.24, 2.45) is 0 Å². The molecule has 0 spiro atoms. The molecule has 5 nitrogen and oxygen atoms in total. The van der Waals surface area contributed by atoms with E-state index in [9.17, 15) is 92.2 Å². The van der Waals surface area contributed by atoms with E-state index < -0.39 is 78.5 Å². The Hall–Kier alpha value is -3.59. The number of hydrogen-bond donors (Lipinski definition) is 0. The first-order valence-corrected chi connectivity index (χ1v) is 16.7. The van der Waals surface area contributed by atoms with E-state index in [-0.39, 0.29) is 23.5 Å². The second-order valence-corrected chi connectivity index (χ2v) is 12.8. The third-order valence-corrected chi connectivity index (χ3v) is 8.08. The minimum atomic E-state index is -8.39. The average molecular weight is 927 g/mol. The molecule has 0 fully saturated rings. The summed E-state index contributed by atoms with van der Waals surface area (Å²) in [5.74, 6) is -42.2. The van der Waals surface area contributed by atoms with Crippen LogP contribution in [-0.4, -0.2) is 82.7 Å². The molecule has 2 atom stereocenters. The van der Waals surface area contributed by atoms with Crippen LogP contribution < -0.4 is 4.74 Å². The number of aryl methyl sites for hydroxylation is 1. The molecule has 28 heteroatoms. The summed E-state index contributed by atoms with van der Waals surface area (Å²) >= 11 is 0. The first-order chi connectivity index (χ1) is 26.9. The van der Waals surface area contributed by atoms with Crippen LogP contribution in [0.15, 0.2) is 36.7 Å². The molecule has 2 unspecified atom stereocenters. The highest BCUT2D eigenvalue weighted by Crippen LogP contribution is 2.58. The van der Waals surface area contributed by atoms with Crippen molar-refractivity contribution in [2.45, 2.75) is 137 Å². The van der Waals surface area contributed by atoms with Gasteiger partial charge in [-0.2, -0.15) is 96.6 Å². The minimum Gasteiger partial charge on any atom is -0.458 e. The number of halogens is 23. The van der Waals surface area contributed by atoms with E-state index in [0.29, 0.717) is 30.5 Å². The van der Waals surface area contributed by atoms with E-state index in [0.717, 1.165) is 44.9 Å². The number of alkyl halides is 23. The molecule has 1 aromatic carbocycles. The zero-order valence-electron chi connectivity index (χ0n) is 29.8. The lowest BCUT2D eigenvalue weighted by Crippen LogP contribution is -2.68. The zero-order valence-corrected chi connectivity index (χ0v) is 29.8. The molecular weight excluding hydrogens is 897 g/mol. The third kappa shape index (κ3) is 11.3. The summed E-state index contributed by atoms with van der Waals surface area (Å²) in [6.45, 7) is 2.06. The Kier molecular flexibility index (Phi) is 16.1. The van der Waals surface area contributed by atoms with Gasteiger partial charge in [0, 0.05) is 18.0 Å². The van der Waals surface area contributed by atoms with Gasteiger partial charge in [-0.25, -0.2) is 19.1 Å². The SMILES string of the molecule is CCCCCCCCCCc1cnc(-c2ccc(OC(OC(F)(F)C(F)(F)C(F)C(F)(F)F)C(F)(F)C(F)(F)C(F)(F)OC(F)(F)C(F)(F)C(F)(F)C(F)(F)F)cc2)nc1. The Labute approximate surface area is 322 Å². The summed E-state index contributed by atoms with van der Waals surface area (Å²) in [5.41, 5.74) is 0.361. The van der Waals surface area contributed by atoms with Crippen LogP contribution in [0.1, 0.15) is 63.9 Å².